The number of amidine groups is 1. The highest BCUT2D eigenvalue weighted by Gasteiger charge is 2.38. The quantitative estimate of drug-likeness (QED) is 0.374. The number of halogens is 2. The molecule has 0 spiro atoms. The molecule has 1 aliphatic carbocycles. The van der Waals surface area contributed by atoms with Gasteiger partial charge in [-0.15, -0.1) is 0 Å². The molecule has 1 aliphatic heterocycles. The maximum atomic E-state index is 13.3. The van der Waals surface area contributed by atoms with Crippen molar-refractivity contribution < 1.29 is 4.79 Å². The molecule has 30 heavy (non-hydrogen) atoms. The van der Waals surface area contributed by atoms with Crippen LogP contribution in [0.3, 0.4) is 0 Å². The number of allylic oxidation sites excluding steroid dienone is 2. The number of hydrogen-bond acceptors (Lipinski definition) is 4. The van der Waals surface area contributed by atoms with Gasteiger partial charge in [0.15, 0.2) is 10.3 Å². The molecule has 154 valence electrons. The van der Waals surface area contributed by atoms with Crippen LogP contribution >= 0.6 is 35.0 Å². The smallest absolute Gasteiger partial charge is 0.267 e. The number of pyridine rings is 1. The minimum atomic E-state index is -0.0507. The summed E-state index contributed by atoms with van der Waals surface area (Å²) in [5, 5.41) is 1.46. The monoisotopic (exact) mass is 457 g/mol. The lowest BCUT2D eigenvalue weighted by molar-refractivity contribution is -0.124. The van der Waals surface area contributed by atoms with Crippen molar-refractivity contribution in [1.29, 1.82) is 0 Å². The molecule has 1 saturated carbocycles. The van der Waals surface area contributed by atoms with Crippen molar-refractivity contribution in [2.75, 3.05) is 0 Å². The van der Waals surface area contributed by atoms with Crippen LogP contribution in [0.2, 0.25) is 5.15 Å². The molecule has 2 aromatic rings. The lowest BCUT2D eigenvalue weighted by atomic mass is 9.94. The van der Waals surface area contributed by atoms with Crippen molar-refractivity contribution in [1.82, 2.24) is 9.88 Å². The Morgan fingerprint density at radius 2 is 1.90 bits per heavy atom. The van der Waals surface area contributed by atoms with Crippen molar-refractivity contribution in [3.63, 3.8) is 0 Å². The molecular formula is C23H21Cl2N3OS. The zero-order valence-electron chi connectivity index (χ0n) is 16.3. The largest absolute Gasteiger partial charge is 0.283 e. The Hall–Kier alpha value is -2.08. The Labute approximate surface area is 190 Å². The first-order chi connectivity index (χ1) is 14.6. The first kappa shape index (κ1) is 21.2. The Kier molecular flexibility index (Phi) is 6.93. The highest BCUT2D eigenvalue weighted by atomic mass is 35.5. The maximum Gasteiger partial charge on any atom is 0.267 e. The molecule has 0 radical (unpaired) electrons. The summed E-state index contributed by atoms with van der Waals surface area (Å²) in [6, 6.07) is 13.5. The Bertz CT molecular complexity index is 1010. The Morgan fingerprint density at radius 3 is 2.63 bits per heavy atom. The molecule has 4 nitrogen and oxygen atoms in total. The van der Waals surface area contributed by atoms with Gasteiger partial charge in [-0.25, -0.2) is 9.98 Å². The molecule has 2 heterocycles. The van der Waals surface area contributed by atoms with Crippen LogP contribution in [0.5, 0.6) is 0 Å². The van der Waals surface area contributed by atoms with Gasteiger partial charge in [0.2, 0.25) is 0 Å². The van der Waals surface area contributed by atoms with E-state index < -0.39 is 0 Å². The van der Waals surface area contributed by atoms with Crippen molar-refractivity contribution in [2.24, 2.45) is 4.99 Å². The predicted octanol–water partition coefficient (Wildman–Crippen LogP) is 6.79. The van der Waals surface area contributed by atoms with E-state index in [-0.39, 0.29) is 11.9 Å². The average molecular weight is 458 g/mol. The molecule has 1 aromatic heterocycles. The number of aliphatic imine (C=N–C) groups is 1. The van der Waals surface area contributed by atoms with Gasteiger partial charge < -0.3 is 0 Å². The molecular weight excluding hydrogens is 437 g/mol. The van der Waals surface area contributed by atoms with E-state index in [1.54, 1.807) is 24.4 Å². The van der Waals surface area contributed by atoms with Gasteiger partial charge in [-0.05, 0) is 54.5 Å². The van der Waals surface area contributed by atoms with Crippen LogP contribution < -0.4 is 0 Å². The third-order valence-electron chi connectivity index (χ3n) is 5.11. The van der Waals surface area contributed by atoms with Gasteiger partial charge in [0.25, 0.3) is 5.91 Å². The fourth-order valence-electron chi connectivity index (χ4n) is 3.67. The Morgan fingerprint density at radius 1 is 1.13 bits per heavy atom. The van der Waals surface area contributed by atoms with Crippen LogP contribution in [0.15, 0.2) is 69.7 Å². The van der Waals surface area contributed by atoms with Crippen LogP contribution in [0, 0.1) is 0 Å². The standard InChI is InChI=1S/C23H21Cl2N3OS/c24-17(14-16-8-3-1-4-9-16)15-20-22(29)28(18-10-5-2-6-11-18)23(30-20)27-19-12-7-13-26-21(19)25/h1,3-4,7-9,12-15,18H,2,5-6,10-11H2/b17-14-,20-15-,27-23?. The molecule has 4 rings (SSSR count). The molecule has 2 aliphatic rings. The van der Waals surface area contributed by atoms with Crippen LogP contribution in [-0.2, 0) is 4.79 Å². The minimum Gasteiger partial charge on any atom is -0.283 e. The van der Waals surface area contributed by atoms with Crippen LogP contribution in [-0.4, -0.2) is 27.0 Å². The van der Waals surface area contributed by atoms with Crippen molar-refractivity contribution >= 4 is 57.8 Å². The maximum absolute atomic E-state index is 13.3. The summed E-state index contributed by atoms with van der Waals surface area (Å²) in [6.45, 7) is 0. The Balaban J connectivity index is 1.67. The van der Waals surface area contributed by atoms with E-state index in [0.717, 1.165) is 31.2 Å². The fraction of sp³-hybridized carbons (Fsp3) is 0.261. The summed E-state index contributed by atoms with van der Waals surface area (Å²) in [5.41, 5.74) is 1.54. The van der Waals surface area contributed by atoms with E-state index in [1.807, 2.05) is 41.3 Å². The molecule has 0 N–H and O–H groups in total. The van der Waals surface area contributed by atoms with Gasteiger partial charge in [0.1, 0.15) is 5.69 Å². The molecule has 7 heteroatoms. The number of carbonyl (C=O) groups is 1. The number of aromatic nitrogens is 1. The summed E-state index contributed by atoms with van der Waals surface area (Å²) in [4.78, 5) is 24.5. The van der Waals surface area contributed by atoms with Crippen molar-refractivity contribution in [3.8, 4) is 0 Å². The normalized spacial score (nSPS) is 21.1. The average Bonchev–Trinajstić information content (AvgIpc) is 3.05. The second-order valence-electron chi connectivity index (χ2n) is 7.23. The molecule has 1 aromatic carbocycles. The minimum absolute atomic E-state index is 0.0507. The molecule has 2 fully saturated rings. The fourth-order valence-corrected chi connectivity index (χ4v) is 5.17. The lowest BCUT2D eigenvalue weighted by Crippen LogP contribution is -2.40. The second kappa shape index (κ2) is 9.82. The summed E-state index contributed by atoms with van der Waals surface area (Å²) in [7, 11) is 0. The van der Waals surface area contributed by atoms with Gasteiger partial charge in [-0.2, -0.15) is 0 Å². The summed E-state index contributed by atoms with van der Waals surface area (Å²) in [5.74, 6) is -0.0507. The zero-order chi connectivity index (χ0) is 20.9. The number of amides is 1. The summed E-state index contributed by atoms with van der Waals surface area (Å²) in [6.07, 6.45) is 10.6. The van der Waals surface area contributed by atoms with Gasteiger partial charge in [0.05, 0.1) is 4.91 Å². The third kappa shape index (κ3) is 4.97. The lowest BCUT2D eigenvalue weighted by Gasteiger charge is -2.30. The first-order valence-corrected chi connectivity index (χ1v) is 11.5. The van der Waals surface area contributed by atoms with Crippen LogP contribution in [0.1, 0.15) is 37.7 Å². The molecule has 0 bridgehead atoms. The zero-order valence-corrected chi connectivity index (χ0v) is 18.6. The number of carbonyl (C=O) groups excluding carboxylic acids is 1. The molecule has 1 amide bonds. The topological polar surface area (TPSA) is 45.6 Å². The van der Waals surface area contributed by atoms with E-state index in [0.29, 0.717) is 25.9 Å². The second-order valence-corrected chi connectivity index (χ2v) is 9.03. The third-order valence-corrected chi connectivity index (χ3v) is 6.60. The van der Waals surface area contributed by atoms with E-state index in [9.17, 15) is 4.79 Å². The SMILES string of the molecule is O=C1/C(=C/C(Cl)=C/c2ccccc2)SC(=Nc2cccnc2Cl)N1C1CCCCC1. The van der Waals surface area contributed by atoms with Gasteiger partial charge in [0, 0.05) is 17.3 Å². The van der Waals surface area contributed by atoms with Crippen LogP contribution in [0.4, 0.5) is 5.69 Å². The predicted molar refractivity (Wildman–Crippen MR) is 126 cm³/mol. The van der Waals surface area contributed by atoms with Gasteiger partial charge in [-0.3, -0.25) is 9.69 Å². The first-order valence-electron chi connectivity index (χ1n) is 9.96. The highest BCUT2D eigenvalue weighted by Crippen LogP contribution is 2.39. The number of rotatable bonds is 4. The number of nitrogens with zero attached hydrogens (tertiary/aromatic N) is 3. The van der Waals surface area contributed by atoms with E-state index in [1.165, 1.54) is 18.2 Å². The van der Waals surface area contributed by atoms with E-state index >= 15 is 0 Å². The van der Waals surface area contributed by atoms with Crippen molar-refractivity contribution in [2.45, 2.75) is 38.1 Å². The van der Waals surface area contributed by atoms with Gasteiger partial charge >= 0.3 is 0 Å². The highest BCUT2D eigenvalue weighted by molar-refractivity contribution is 8.18. The van der Waals surface area contributed by atoms with E-state index in [4.69, 9.17) is 28.2 Å². The number of thioether (sulfide) groups is 1. The van der Waals surface area contributed by atoms with Crippen LogP contribution in [0.25, 0.3) is 6.08 Å². The van der Waals surface area contributed by atoms with E-state index in [2.05, 4.69) is 4.98 Å². The molecule has 1 saturated heterocycles. The van der Waals surface area contributed by atoms with Crippen molar-refractivity contribution in [3.05, 3.63) is 75.4 Å². The number of hydrogen-bond donors (Lipinski definition) is 0. The number of benzene rings is 1. The van der Waals surface area contributed by atoms with Gasteiger partial charge in [-0.1, -0.05) is 72.8 Å². The summed E-state index contributed by atoms with van der Waals surface area (Å²) < 4.78 is 0. The molecule has 0 atom stereocenters. The summed E-state index contributed by atoms with van der Waals surface area (Å²) >= 11 is 14.0. The molecule has 0 unspecified atom stereocenters.